The molecule has 1 unspecified atom stereocenters. The van der Waals surface area contributed by atoms with Crippen molar-refractivity contribution in [2.24, 2.45) is 0 Å². The fourth-order valence-corrected chi connectivity index (χ4v) is 6.92. The summed E-state index contributed by atoms with van der Waals surface area (Å²) in [6.45, 7) is 2.18. The fourth-order valence-electron chi connectivity index (χ4n) is 4.35. The van der Waals surface area contributed by atoms with Crippen LogP contribution in [0.25, 0.3) is 11.5 Å². The van der Waals surface area contributed by atoms with Crippen LogP contribution < -0.4 is 15.2 Å². The summed E-state index contributed by atoms with van der Waals surface area (Å²) in [5, 5.41) is 0.538. The largest absolute Gasteiger partial charge is 0.486 e. The summed E-state index contributed by atoms with van der Waals surface area (Å²) in [6.07, 6.45) is 6.37. The highest BCUT2D eigenvalue weighted by molar-refractivity contribution is 9.10. The number of halogens is 1. The fraction of sp³-hybridized carbons (Fsp3) is 0.476. The predicted molar refractivity (Wildman–Crippen MR) is 132 cm³/mol. The summed E-state index contributed by atoms with van der Waals surface area (Å²) in [5.41, 5.74) is 6.63. The molecule has 0 spiro atoms. The zero-order chi connectivity index (χ0) is 23.9. The topological polar surface area (TPSA) is 125 Å². The van der Waals surface area contributed by atoms with E-state index < -0.39 is 10.0 Å². The number of piperidine rings is 1. The lowest BCUT2D eigenvalue weighted by Gasteiger charge is -2.33. The molecular weight excluding hydrogens is 544 g/mol. The van der Waals surface area contributed by atoms with E-state index in [2.05, 4.69) is 25.9 Å². The van der Waals surface area contributed by atoms with Crippen LogP contribution in [0.4, 0.5) is 5.82 Å². The first-order valence-electron chi connectivity index (χ1n) is 11.0. The first-order chi connectivity index (χ1) is 16.3. The lowest BCUT2D eigenvalue weighted by atomic mass is 10.0. The molecular formula is C21H25BrN6O4S2. The van der Waals surface area contributed by atoms with E-state index >= 15 is 0 Å². The van der Waals surface area contributed by atoms with Crippen LogP contribution in [-0.4, -0.2) is 64.3 Å². The Bertz CT molecular complexity index is 1280. The molecule has 182 valence electrons. The highest BCUT2D eigenvalue weighted by Gasteiger charge is 2.29. The average molecular weight is 570 g/mol. The molecule has 4 heterocycles. The summed E-state index contributed by atoms with van der Waals surface area (Å²) < 4.78 is 40.1. The number of anilines is 1. The first-order valence-corrected chi connectivity index (χ1v) is 14.5. The molecule has 4 aliphatic rings. The first kappa shape index (κ1) is 23.6. The van der Waals surface area contributed by atoms with Gasteiger partial charge in [-0.05, 0) is 59.1 Å². The van der Waals surface area contributed by atoms with Crippen molar-refractivity contribution in [2.75, 3.05) is 31.7 Å². The number of rotatable bonds is 6. The van der Waals surface area contributed by atoms with E-state index in [1.807, 2.05) is 16.7 Å². The smallest absolute Gasteiger partial charge is 0.211 e. The third kappa shape index (κ3) is 4.83. The van der Waals surface area contributed by atoms with E-state index in [1.165, 1.54) is 18.0 Å². The van der Waals surface area contributed by atoms with Gasteiger partial charge in [-0.2, -0.15) is 4.31 Å². The Morgan fingerprint density at radius 2 is 1.97 bits per heavy atom. The maximum atomic E-state index is 12.2. The van der Waals surface area contributed by atoms with Crippen LogP contribution in [0.15, 0.2) is 33.0 Å². The summed E-state index contributed by atoms with van der Waals surface area (Å²) in [4.78, 5) is 14.5. The summed E-state index contributed by atoms with van der Waals surface area (Å²) >= 11 is 4.98. The molecule has 1 aromatic carbocycles. The average Bonchev–Trinajstić information content (AvgIpc) is 3.23. The van der Waals surface area contributed by atoms with E-state index in [0.29, 0.717) is 66.7 Å². The normalized spacial score (nSPS) is 18.9. The quantitative estimate of drug-likeness (QED) is 0.476. The Hall–Kier alpha value is -2.09. The lowest BCUT2D eigenvalue weighted by molar-refractivity contribution is 0.171. The van der Waals surface area contributed by atoms with E-state index in [1.54, 1.807) is 10.6 Å². The maximum Gasteiger partial charge on any atom is 0.211 e. The second-order valence-corrected chi connectivity index (χ2v) is 12.1. The number of aryl methyl sites for hydroxylation is 1. The minimum Gasteiger partial charge on any atom is -0.486 e. The van der Waals surface area contributed by atoms with Gasteiger partial charge in [0.15, 0.2) is 34.0 Å². The highest BCUT2D eigenvalue weighted by atomic mass is 79.9. The Morgan fingerprint density at radius 3 is 2.74 bits per heavy atom. The summed E-state index contributed by atoms with van der Waals surface area (Å²) in [7, 11) is -3.24. The van der Waals surface area contributed by atoms with Crippen molar-refractivity contribution in [2.45, 2.75) is 48.3 Å². The van der Waals surface area contributed by atoms with Crippen LogP contribution in [0.2, 0.25) is 0 Å². The number of hydrogen-bond acceptors (Lipinski definition) is 9. The second-order valence-electron chi connectivity index (χ2n) is 8.34. The predicted octanol–water partition coefficient (Wildman–Crippen LogP) is 3.25. The molecule has 34 heavy (non-hydrogen) atoms. The van der Waals surface area contributed by atoms with E-state index in [9.17, 15) is 8.42 Å². The van der Waals surface area contributed by atoms with Crippen LogP contribution in [0, 0.1) is 0 Å². The molecule has 0 bridgehead atoms. The Kier molecular flexibility index (Phi) is 6.62. The molecule has 0 aliphatic carbocycles. The number of benzene rings is 1. The van der Waals surface area contributed by atoms with Gasteiger partial charge in [-0.15, -0.1) is 0 Å². The highest BCUT2D eigenvalue weighted by Crippen LogP contribution is 2.42. The van der Waals surface area contributed by atoms with Gasteiger partial charge >= 0.3 is 0 Å². The zero-order valence-electron chi connectivity index (χ0n) is 18.6. The van der Waals surface area contributed by atoms with Crippen LogP contribution in [-0.2, 0) is 16.6 Å². The number of imidazole rings is 1. The molecule has 1 saturated heterocycles. The Labute approximate surface area is 210 Å². The number of nitrogens with two attached hydrogens (primary N) is 1. The standard InChI is InChI=1S/C21H25BrN6O4S2/c1-34(29,30)28-6-3-2-4-13(28)5-7-27-12-24-19(23)18-20(27)26-21(25-18)33-17-11-16-15(10-14(17)22)31-8-9-32-16/h10-13H,2-9,23H2,1H3. The van der Waals surface area contributed by atoms with Crippen molar-refractivity contribution in [1.82, 2.24) is 23.8 Å². The van der Waals surface area contributed by atoms with Crippen molar-refractivity contribution < 1.29 is 17.9 Å². The molecule has 0 radical (unpaired) electrons. The third-order valence-electron chi connectivity index (χ3n) is 5.97. The molecule has 0 saturated carbocycles. The van der Waals surface area contributed by atoms with E-state index in [0.717, 1.165) is 28.6 Å². The zero-order valence-corrected chi connectivity index (χ0v) is 21.8. The Morgan fingerprint density at radius 1 is 1.21 bits per heavy atom. The number of aromatic nitrogens is 4. The number of hydrogen-bond donors (Lipinski definition) is 1. The van der Waals surface area contributed by atoms with Gasteiger partial charge < -0.3 is 19.8 Å². The minimum absolute atomic E-state index is 0.0331. The maximum absolute atomic E-state index is 12.2. The van der Waals surface area contributed by atoms with Gasteiger partial charge in [-0.3, -0.25) is 0 Å². The molecule has 13 heteroatoms. The molecule has 2 N–H and O–H groups in total. The van der Waals surface area contributed by atoms with Gasteiger partial charge in [-0.25, -0.2) is 23.4 Å². The van der Waals surface area contributed by atoms with Crippen LogP contribution in [0.5, 0.6) is 11.5 Å². The van der Waals surface area contributed by atoms with Crippen LogP contribution in [0.1, 0.15) is 25.7 Å². The molecule has 4 aliphatic heterocycles. The molecule has 1 fully saturated rings. The molecule has 0 amide bonds. The minimum atomic E-state index is -3.24. The molecule has 10 nitrogen and oxygen atoms in total. The molecule has 1 atom stereocenters. The summed E-state index contributed by atoms with van der Waals surface area (Å²) in [6, 6.07) is 3.75. The van der Waals surface area contributed by atoms with Crippen molar-refractivity contribution in [3.63, 3.8) is 0 Å². The molecule has 1 aromatic rings. The SMILES string of the molecule is CS(=O)(=O)N1CCCCC1CCn1cnc(N)c2nc(Sc3cc4c(cc3Br)OCCO4)nc1-2. The number of fused-ring (bicyclic) bond motifs is 2. The van der Waals surface area contributed by atoms with Crippen molar-refractivity contribution in [1.29, 1.82) is 0 Å². The second kappa shape index (κ2) is 9.51. The lowest BCUT2D eigenvalue weighted by Crippen LogP contribution is -2.43. The van der Waals surface area contributed by atoms with E-state index in [4.69, 9.17) is 20.2 Å². The van der Waals surface area contributed by atoms with Crippen LogP contribution >= 0.6 is 27.7 Å². The van der Waals surface area contributed by atoms with Crippen LogP contribution in [0.3, 0.4) is 0 Å². The number of nitrogen functional groups attached to an aromatic ring is 1. The molecule has 0 aromatic heterocycles. The van der Waals surface area contributed by atoms with Gasteiger partial charge in [0.2, 0.25) is 10.0 Å². The summed E-state index contributed by atoms with van der Waals surface area (Å²) in [5.74, 6) is 2.33. The Balaban J connectivity index is 1.38. The molecule has 5 rings (SSSR count). The van der Waals surface area contributed by atoms with Crippen molar-refractivity contribution in [3.8, 4) is 23.0 Å². The van der Waals surface area contributed by atoms with Gasteiger partial charge in [0.05, 0.1) is 12.6 Å². The van der Waals surface area contributed by atoms with Gasteiger partial charge in [0, 0.05) is 28.5 Å². The monoisotopic (exact) mass is 568 g/mol. The number of ether oxygens (including phenoxy) is 2. The van der Waals surface area contributed by atoms with Gasteiger partial charge in [0.25, 0.3) is 0 Å². The van der Waals surface area contributed by atoms with E-state index in [-0.39, 0.29) is 6.04 Å². The third-order valence-corrected chi connectivity index (χ3v) is 9.15. The number of sulfonamides is 1. The van der Waals surface area contributed by atoms with Gasteiger partial charge in [0.1, 0.15) is 13.2 Å². The number of nitrogens with zero attached hydrogens (tertiary/aromatic N) is 5. The van der Waals surface area contributed by atoms with Gasteiger partial charge in [-0.1, -0.05) is 6.42 Å². The van der Waals surface area contributed by atoms with Crippen molar-refractivity contribution >= 4 is 43.5 Å². The van der Waals surface area contributed by atoms with Crippen molar-refractivity contribution in [3.05, 3.63) is 22.9 Å².